The molecule has 0 aliphatic carbocycles. The van der Waals surface area contributed by atoms with Gasteiger partial charge in [0.15, 0.2) is 0 Å². The number of methoxy groups -OCH3 is 1. The molecule has 0 fully saturated rings. The largest absolute Gasteiger partial charge is 1.00 e. The van der Waals surface area contributed by atoms with E-state index in [1.54, 1.807) is 6.92 Å². The van der Waals surface area contributed by atoms with Gasteiger partial charge in [-0.15, -0.1) is 0 Å². The van der Waals surface area contributed by atoms with E-state index in [-0.39, 0.29) is 23.7 Å². The number of benzene rings is 1. The van der Waals surface area contributed by atoms with Gasteiger partial charge < -0.3 is 14.8 Å². The average molecular weight is 338 g/mol. The number of carbonyl (C=O) groups excluding carboxylic acids is 2. The van der Waals surface area contributed by atoms with Gasteiger partial charge in [-0.1, -0.05) is 48.0 Å². The summed E-state index contributed by atoms with van der Waals surface area (Å²) >= 11 is 0. The number of hydrogen-bond acceptors (Lipinski definition) is 4. The molecule has 1 aromatic carbocycles. The van der Waals surface area contributed by atoms with E-state index < -0.39 is 24.0 Å². The quantitative estimate of drug-likeness (QED) is 0.623. The topological polar surface area (TPSA) is 66.7 Å². The first-order valence-electron chi connectivity index (χ1n) is 6.39. The van der Waals surface area contributed by atoms with Crippen LogP contribution < -0.4 is 0 Å². The molecule has 0 saturated heterocycles. The van der Waals surface area contributed by atoms with Gasteiger partial charge in [-0.2, -0.15) is 0 Å². The van der Waals surface area contributed by atoms with Crippen molar-refractivity contribution in [3.05, 3.63) is 52.9 Å². The minimum absolute atomic E-state index is 0. The van der Waals surface area contributed by atoms with Crippen LogP contribution in [0.1, 0.15) is 18.5 Å². The number of ether oxygens (including phenoxy) is 2. The molecule has 5 nitrogen and oxygen atoms in total. The van der Waals surface area contributed by atoms with Crippen molar-refractivity contribution >= 4 is 11.9 Å². The van der Waals surface area contributed by atoms with E-state index >= 15 is 0 Å². The minimum Gasteiger partial charge on any atom is -0.636 e. The molecule has 0 saturated carbocycles. The van der Waals surface area contributed by atoms with Gasteiger partial charge in [0, 0.05) is 5.57 Å². The Bertz CT molecular complexity index is 530. The molecule has 0 spiro atoms. The van der Waals surface area contributed by atoms with Crippen LogP contribution in [-0.2, 0) is 36.1 Å². The molecule has 1 aliphatic rings. The third kappa shape index (κ3) is 3.94. The third-order valence-corrected chi connectivity index (χ3v) is 3.01. The summed E-state index contributed by atoms with van der Waals surface area (Å²) in [6.07, 6.45) is 1.52. The van der Waals surface area contributed by atoms with Gasteiger partial charge in [0.05, 0.1) is 13.7 Å². The fourth-order valence-electron chi connectivity index (χ4n) is 2.09. The maximum atomic E-state index is 12.0. The van der Waals surface area contributed by atoms with E-state index in [9.17, 15) is 9.59 Å². The second-order valence-corrected chi connectivity index (χ2v) is 4.27. The standard InChI is InChI=1S/C15H16NO4.Cu/c1-3-20-14(17)11-9-12(15(18)19-2)16-13(11)10-7-5-4-6-8-10;/h4-9,12-13H,3H2,1-2H3;/q-1;+1/t12-,13-;/m0./s1. The monoisotopic (exact) mass is 337 g/mol. The molecular formula is C15H16CuNO4. The molecular weight excluding hydrogens is 322 g/mol. The van der Waals surface area contributed by atoms with Crippen molar-refractivity contribution in [2.45, 2.75) is 19.0 Å². The summed E-state index contributed by atoms with van der Waals surface area (Å²) in [6.45, 7) is 2.01. The van der Waals surface area contributed by atoms with E-state index in [4.69, 9.17) is 4.74 Å². The molecule has 0 radical (unpaired) electrons. The molecule has 2 rings (SSSR count). The zero-order valence-corrected chi connectivity index (χ0v) is 12.6. The number of nitrogens with zero attached hydrogens (tertiary/aromatic N) is 1. The van der Waals surface area contributed by atoms with Crippen LogP contribution in [0.3, 0.4) is 0 Å². The second-order valence-electron chi connectivity index (χ2n) is 4.27. The normalized spacial score (nSPS) is 20.2. The molecule has 116 valence electrons. The Morgan fingerprint density at radius 3 is 2.48 bits per heavy atom. The fraction of sp³-hybridized carbons (Fsp3) is 0.333. The average Bonchev–Trinajstić information content (AvgIpc) is 2.93. The smallest absolute Gasteiger partial charge is 0.636 e. The summed E-state index contributed by atoms with van der Waals surface area (Å²) < 4.78 is 9.70. The van der Waals surface area contributed by atoms with Gasteiger partial charge in [-0.25, -0.2) is 4.79 Å². The summed E-state index contributed by atoms with van der Waals surface area (Å²) in [5.41, 5.74) is 1.23. The van der Waals surface area contributed by atoms with E-state index in [0.29, 0.717) is 5.57 Å². The first-order chi connectivity index (χ1) is 9.67. The third-order valence-electron chi connectivity index (χ3n) is 3.01. The minimum atomic E-state index is -0.760. The van der Waals surface area contributed by atoms with Crippen molar-refractivity contribution in [3.63, 3.8) is 0 Å². The molecule has 21 heavy (non-hydrogen) atoms. The molecule has 0 amide bonds. The van der Waals surface area contributed by atoms with Crippen molar-refractivity contribution in [1.82, 2.24) is 0 Å². The number of carbonyl (C=O) groups is 2. The van der Waals surface area contributed by atoms with E-state index in [0.717, 1.165) is 5.56 Å². The Morgan fingerprint density at radius 1 is 1.24 bits per heavy atom. The van der Waals surface area contributed by atoms with Gasteiger partial charge in [-0.3, -0.25) is 4.79 Å². The molecule has 1 heterocycles. The van der Waals surface area contributed by atoms with Gasteiger partial charge in [0.25, 0.3) is 5.97 Å². The fourth-order valence-corrected chi connectivity index (χ4v) is 2.09. The van der Waals surface area contributed by atoms with Gasteiger partial charge in [0.1, 0.15) is 0 Å². The van der Waals surface area contributed by atoms with Crippen LogP contribution in [0.2, 0.25) is 0 Å². The van der Waals surface area contributed by atoms with Crippen molar-refractivity contribution in [2.75, 3.05) is 13.7 Å². The zero-order valence-electron chi connectivity index (χ0n) is 11.7. The zero-order chi connectivity index (χ0) is 14.5. The molecule has 0 N–H and O–H groups in total. The van der Waals surface area contributed by atoms with E-state index in [1.165, 1.54) is 13.2 Å². The first-order valence-corrected chi connectivity index (χ1v) is 6.39. The van der Waals surface area contributed by atoms with Crippen LogP contribution in [0.25, 0.3) is 5.32 Å². The predicted octanol–water partition coefficient (Wildman–Crippen LogP) is 2.14. The Hall–Kier alpha value is -1.62. The number of rotatable bonds is 4. The SMILES string of the molecule is CCOC(=O)C1=C[C@@H](C(=O)OC)[N-][C@H]1c1ccccc1.[Cu+]. The van der Waals surface area contributed by atoms with Crippen molar-refractivity contribution in [3.8, 4) is 0 Å². The molecule has 0 aromatic heterocycles. The van der Waals surface area contributed by atoms with Crippen molar-refractivity contribution in [2.24, 2.45) is 0 Å². The number of esters is 2. The summed E-state index contributed by atoms with van der Waals surface area (Å²) in [5.74, 6) is -0.929. The maximum Gasteiger partial charge on any atom is 1.00 e. The van der Waals surface area contributed by atoms with E-state index in [1.807, 2.05) is 30.3 Å². The van der Waals surface area contributed by atoms with Crippen molar-refractivity contribution in [1.29, 1.82) is 0 Å². The molecule has 1 aliphatic heterocycles. The van der Waals surface area contributed by atoms with Gasteiger partial charge in [-0.05, 0) is 13.0 Å². The molecule has 2 atom stereocenters. The van der Waals surface area contributed by atoms with Crippen molar-refractivity contribution < 1.29 is 36.1 Å². The number of hydrogen-bond donors (Lipinski definition) is 0. The Balaban J connectivity index is 0.00000220. The van der Waals surface area contributed by atoms with Crippen LogP contribution in [0, 0.1) is 0 Å². The summed E-state index contributed by atoms with van der Waals surface area (Å²) in [5, 5.41) is 4.35. The molecule has 0 unspecified atom stereocenters. The second kappa shape index (κ2) is 7.98. The van der Waals surface area contributed by atoms with Gasteiger partial charge >= 0.3 is 23.0 Å². The van der Waals surface area contributed by atoms with Gasteiger partial charge in [0.2, 0.25) is 0 Å². The van der Waals surface area contributed by atoms with E-state index in [2.05, 4.69) is 10.1 Å². The first kappa shape index (κ1) is 17.4. The Kier molecular flexibility index (Phi) is 6.62. The summed E-state index contributed by atoms with van der Waals surface area (Å²) in [4.78, 5) is 23.6. The molecule has 1 aromatic rings. The van der Waals surface area contributed by atoms with Crippen LogP contribution >= 0.6 is 0 Å². The molecule has 0 bridgehead atoms. The maximum absolute atomic E-state index is 12.0. The summed E-state index contributed by atoms with van der Waals surface area (Å²) in [7, 11) is 1.30. The van der Waals surface area contributed by atoms with Crippen LogP contribution in [0.15, 0.2) is 42.0 Å². The van der Waals surface area contributed by atoms with Crippen LogP contribution in [0.5, 0.6) is 0 Å². The Morgan fingerprint density at radius 2 is 1.90 bits per heavy atom. The van der Waals surface area contributed by atoms with Crippen LogP contribution in [-0.4, -0.2) is 31.7 Å². The summed E-state index contributed by atoms with van der Waals surface area (Å²) in [6, 6.07) is 8.08. The Labute approximate surface area is 134 Å². The van der Waals surface area contributed by atoms with Crippen LogP contribution in [0.4, 0.5) is 0 Å². The molecule has 6 heteroatoms. The predicted molar refractivity (Wildman–Crippen MR) is 73.1 cm³/mol.